The second kappa shape index (κ2) is 9.34. The summed E-state index contributed by atoms with van der Waals surface area (Å²) >= 11 is 1.27. The monoisotopic (exact) mass is 436 g/mol. The van der Waals surface area contributed by atoms with Gasteiger partial charge in [-0.3, -0.25) is 14.2 Å². The van der Waals surface area contributed by atoms with E-state index < -0.39 is 23.3 Å². The molecule has 1 N–H and O–H groups in total. The number of benzene rings is 2. The maximum Gasteiger partial charge on any atom is 0.416 e. The van der Waals surface area contributed by atoms with Crippen molar-refractivity contribution >= 4 is 28.6 Å². The molecule has 1 heterocycles. The van der Waals surface area contributed by atoms with Crippen molar-refractivity contribution in [3.05, 3.63) is 64.4 Å². The summed E-state index contributed by atoms with van der Waals surface area (Å²) in [6.45, 7) is 0. The molecule has 0 radical (unpaired) electrons. The molecule has 2 aromatic carbocycles. The summed E-state index contributed by atoms with van der Waals surface area (Å²) in [5.41, 5.74) is -0.710. The minimum atomic E-state index is -4.53. The number of halogens is 3. The first-order valence-electron chi connectivity index (χ1n) is 9.31. The molecule has 0 bridgehead atoms. The van der Waals surface area contributed by atoms with Crippen molar-refractivity contribution in [3.8, 4) is 5.69 Å². The predicted octanol–water partition coefficient (Wildman–Crippen LogP) is 5.14. The number of aromatic nitrogens is 2. The Morgan fingerprint density at radius 3 is 2.57 bits per heavy atom. The Hall–Kier alpha value is -2.81. The van der Waals surface area contributed by atoms with Crippen LogP contribution < -0.4 is 5.56 Å². The van der Waals surface area contributed by atoms with Crippen LogP contribution in [0.4, 0.5) is 13.2 Å². The fourth-order valence-corrected chi connectivity index (χ4v) is 3.99. The average molecular weight is 436 g/mol. The maximum absolute atomic E-state index is 13.2. The Bertz CT molecular complexity index is 1110. The van der Waals surface area contributed by atoms with Crippen LogP contribution in [0.15, 0.2) is 58.5 Å². The highest BCUT2D eigenvalue weighted by molar-refractivity contribution is 7.99. The zero-order valence-corrected chi connectivity index (χ0v) is 16.7. The predicted molar refractivity (Wildman–Crippen MR) is 109 cm³/mol. The molecule has 0 saturated heterocycles. The van der Waals surface area contributed by atoms with Crippen LogP contribution in [0, 0.1) is 0 Å². The summed E-state index contributed by atoms with van der Waals surface area (Å²) in [7, 11) is 0. The van der Waals surface area contributed by atoms with Crippen molar-refractivity contribution in [1.29, 1.82) is 0 Å². The van der Waals surface area contributed by atoms with Gasteiger partial charge in [-0.1, -0.05) is 36.4 Å². The number of unbranched alkanes of at least 4 members (excludes halogenated alkanes) is 2. The van der Waals surface area contributed by atoms with Crippen LogP contribution in [0.25, 0.3) is 16.6 Å². The van der Waals surface area contributed by atoms with Crippen LogP contribution in [-0.2, 0) is 11.0 Å². The number of nitrogens with zero attached hydrogens (tertiary/aromatic N) is 2. The topological polar surface area (TPSA) is 72.2 Å². The van der Waals surface area contributed by atoms with Gasteiger partial charge in [-0.2, -0.15) is 13.2 Å². The number of hydrogen-bond acceptors (Lipinski definition) is 4. The summed E-state index contributed by atoms with van der Waals surface area (Å²) in [6, 6.07) is 11.3. The van der Waals surface area contributed by atoms with E-state index in [0.29, 0.717) is 41.1 Å². The van der Waals surface area contributed by atoms with Gasteiger partial charge in [0.15, 0.2) is 5.16 Å². The van der Waals surface area contributed by atoms with Crippen LogP contribution >= 0.6 is 11.8 Å². The quantitative estimate of drug-likeness (QED) is 0.301. The van der Waals surface area contributed by atoms with Gasteiger partial charge in [-0.15, -0.1) is 0 Å². The van der Waals surface area contributed by atoms with Crippen LogP contribution in [0.1, 0.15) is 31.2 Å². The number of carboxylic acid groups (broad SMARTS) is 1. The number of alkyl halides is 3. The Kier molecular flexibility index (Phi) is 6.81. The normalized spacial score (nSPS) is 11.7. The molecule has 0 fully saturated rings. The van der Waals surface area contributed by atoms with E-state index in [1.165, 1.54) is 28.5 Å². The molecule has 158 valence electrons. The number of hydrogen-bond donors (Lipinski definition) is 1. The average Bonchev–Trinajstić information content (AvgIpc) is 2.70. The van der Waals surface area contributed by atoms with Crippen molar-refractivity contribution < 1.29 is 23.1 Å². The third-order valence-electron chi connectivity index (χ3n) is 4.44. The summed E-state index contributed by atoms with van der Waals surface area (Å²) in [5, 5.41) is 9.31. The van der Waals surface area contributed by atoms with Crippen LogP contribution in [0.2, 0.25) is 0 Å². The Morgan fingerprint density at radius 2 is 1.83 bits per heavy atom. The molecule has 0 spiro atoms. The van der Waals surface area contributed by atoms with Crippen LogP contribution in [-0.4, -0.2) is 26.4 Å². The fourth-order valence-electron chi connectivity index (χ4n) is 2.98. The second-order valence-corrected chi connectivity index (χ2v) is 7.72. The first-order valence-corrected chi connectivity index (χ1v) is 10.3. The standard InChI is InChI=1S/C21H19F3N2O3S/c22-21(23,24)14-7-6-8-15(13-14)26-19(29)16-9-3-4-10-17(16)25-20(26)30-12-5-1-2-11-18(27)28/h3-4,6-10,13H,1-2,5,11-12H2,(H,27,28). The van der Waals surface area contributed by atoms with Crippen LogP contribution in [0.5, 0.6) is 0 Å². The first-order chi connectivity index (χ1) is 14.3. The molecule has 1 aromatic heterocycles. The van der Waals surface area contributed by atoms with Crippen molar-refractivity contribution in [1.82, 2.24) is 9.55 Å². The number of carbonyl (C=O) groups is 1. The summed E-state index contributed by atoms with van der Waals surface area (Å²) in [4.78, 5) is 28.2. The van der Waals surface area contributed by atoms with E-state index in [9.17, 15) is 22.8 Å². The number of carboxylic acids is 1. The molecule has 3 aromatic rings. The number of rotatable bonds is 8. The highest BCUT2D eigenvalue weighted by atomic mass is 32.2. The van der Waals surface area contributed by atoms with E-state index in [-0.39, 0.29) is 12.1 Å². The molecule has 9 heteroatoms. The van der Waals surface area contributed by atoms with E-state index in [1.54, 1.807) is 24.3 Å². The number of thioether (sulfide) groups is 1. The molecule has 5 nitrogen and oxygen atoms in total. The molecule has 0 aliphatic carbocycles. The van der Waals surface area contributed by atoms with Gasteiger partial charge < -0.3 is 5.11 Å². The molecular weight excluding hydrogens is 417 g/mol. The highest BCUT2D eigenvalue weighted by Gasteiger charge is 2.30. The molecule has 0 amide bonds. The lowest BCUT2D eigenvalue weighted by Crippen LogP contribution is -2.22. The van der Waals surface area contributed by atoms with E-state index in [0.717, 1.165) is 12.1 Å². The molecule has 0 saturated carbocycles. The van der Waals surface area contributed by atoms with Gasteiger partial charge in [-0.25, -0.2) is 4.98 Å². The number of fused-ring (bicyclic) bond motifs is 1. The van der Waals surface area contributed by atoms with E-state index in [1.807, 2.05) is 0 Å². The van der Waals surface area contributed by atoms with Gasteiger partial charge in [0.2, 0.25) is 0 Å². The van der Waals surface area contributed by atoms with E-state index in [4.69, 9.17) is 5.11 Å². The lowest BCUT2D eigenvalue weighted by atomic mass is 10.2. The maximum atomic E-state index is 13.2. The van der Waals surface area contributed by atoms with Crippen LogP contribution in [0.3, 0.4) is 0 Å². The smallest absolute Gasteiger partial charge is 0.416 e. The van der Waals surface area contributed by atoms with Crippen molar-refractivity contribution in [2.75, 3.05) is 5.75 Å². The molecule has 30 heavy (non-hydrogen) atoms. The highest BCUT2D eigenvalue weighted by Crippen LogP contribution is 2.31. The Labute approximate surface area is 174 Å². The van der Waals surface area contributed by atoms with Gasteiger partial charge in [0.05, 0.1) is 22.2 Å². The van der Waals surface area contributed by atoms with Gasteiger partial charge in [-0.05, 0) is 43.2 Å². The van der Waals surface area contributed by atoms with E-state index >= 15 is 0 Å². The summed E-state index contributed by atoms with van der Waals surface area (Å²) in [5.74, 6) is -0.291. The molecular formula is C21H19F3N2O3S. The Balaban J connectivity index is 1.96. The first kappa shape index (κ1) is 21.9. The molecule has 0 atom stereocenters. The van der Waals surface area contributed by atoms with Gasteiger partial charge in [0.1, 0.15) is 0 Å². The molecule has 0 aliphatic heterocycles. The zero-order valence-electron chi connectivity index (χ0n) is 15.9. The summed E-state index contributed by atoms with van der Waals surface area (Å²) in [6.07, 6.45) is -2.50. The van der Waals surface area contributed by atoms with Gasteiger partial charge >= 0.3 is 12.1 Å². The van der Waals surface area contributed by atoms with Gasteiger partial charge in [0, 0.05) is 12.2 Å². The van der Waals surface area contributed by atoms with Crippen molar-refractivity contribution in [2.45, 2.75) is 37.0 Å². The largest absolute Gasteiger partial charge is 0.481 e. The summed E-state index contributed by atoms with van der Waals surface area (Å²) < 4.78 is 40.7. The number of para-hydroxylation sites is 1. The third-order valence-corrected chi connectivity index (χ3v) is 5.47. The van der Waals surface area contributed by atoms with Crippen molar-refractivity contribution in [3.63, 3.8) is 0 Å². The van der Waals surface area contributed by atoms with Crippen molar-refractivity contribution in [2.24, 2.45) is 0 Å². The van der Waals surface area contributed by atoms with E-state index in [2.05, 4.69) is 4.98 Å². The minimum absolute atomic E-state index is 0.0911. The van der Waals surface area contributed by atoms with Gasteiger partial charge in [0.25, 0.3) is 5.56 Å². The second-order valence-electron chi connectivity index (χ2n) is 6.65. The lowest BCUT2D eigenvalue weighted by molar-refractivity contribution is -0.138. The SMILES string of the molecule is O=C(O)CCCCCSc1nc2ccccc2c(=O)n1-c1cccc(C(F)(F)F)c1. The number of aliphatic carboxylic acids is 1. The molecule has 3 rings (SSSR count). The molecule has 0 unspecified atom stereocenters. The lowest BCUT2D eigenvalue weighted by Gasteiger charge is -2.15. The zero-order chi connectivity index (χ0) is 21.7. The molecule has 0 aliphatic rings. The minimum Gasteiger partial charge on any atom is -0.481 e. The fraction of sp³-hybridized carbons (Fsp3) is 0.286. The Morgan fingerprint density at radius 1 is 1.07 bits per heavy atom. The third kappa shape index (κ3) is 5.21.